The molecule has 1 fully saturated rings. The first-order valence-electron chi connectivity index (χ1n) is 10.8. The number of anilines is 1. The third-order valence-electron chi connectivity index (χ3n) is 6.03. The molecule has 2 aromatic carbocycles. The van der Waals surface area contributed by atoms with Gasteiger partial charge in [-0.05, 0) is 35.9 Å². The molecule has 1 atom stereocenters. The number of hydrogen-bond acceptors (Lipinski definition) is 5. The normalized spacial score (nSPS) is 18.8. The number of hydrogen-bond donors (Lipinski definition) is 1. The summed E-state index contributed by atoms with van der Waals surface area (Å²) in [5.74, 6) is 0.434. The maximum Gasteiger partial charge on any atom is 0.254 e. The van der Waals surface area contributed by atoms with Crippen LogP contribution in [0.2, 0.25) is 5.02 Å². The topological polar surface area (TPSA) is 79.7 Å². The monoisotopic (exact) mass is 465 g/mol. The minimum atomic E-state index is -0.107. The first-order valence-corrected chi connectivity index (χ1v) is 11.2. The second-order valence-electron chi connectivity index (χ2n) is 8.36. The van der Waals surface area contributed by atoms with E-state index in [9.17, 15) is 9.59 Å². The molecule has 0 saturated carbocycles. The number of halogens is 1. The number of aryl methyl sites for hydroxylation is 1. The highest BCUT2D eigenvalue weighted by Crippen LogP contribution is 2.32. The summed E-state index contributed by atoms with van der Waals surface area (Å²) in [4.78, 5) is 29.7. The van der Waals surface area contributed by atoms with Crippen LogP contribution in [0.15, 0.2) is 54.9 Å². The maximum atomic E-state index is 13.0. The van der Waals surface area contributed by atoms with Crippen LogP contribution in [0, 0.1) is 0 Å². The summed E-state index contributed by atoms with van der Waals surface area (Å²) in [6.07, 6.45) is 3.71. The van der Waals surface area contributed by atoms with Crippen molar-refractivity contribution < 1.29 is 14.3 Å². The van der Waals surface area contributed by atoms with Crippen LogP contribution in [-0.2, 0) is 11.8 Å². The quantitative estimate of drug-likeness (QED) is 0.629. The molecule has 8 nitrogen and oxygen atoms in total. The van der Waals surface area contributed by atoms with E-state index in [0.29, 0.717) is 48.3 Å². The Morgan fingerprint density at radius 3 is 2.85 bits per heavy atom. The number of aromatic nitrogens is 2. The molecule has 2 amide bonds. The Labute approximate surface area is 196 Å². The Morgan fingerprint density at radius 1 is 1.18 bits per heavy atom. The number of carbonyl (C=O) groups is 2. The average molecular weight is 466 g/mol. The van der Waals surface area contributed by atoms with Gasteiger partial charge in [0.25, 0.3) is 5.91 Å². The molecular formula is C24H24ClN5O3. The van der Waals surface area contributed by atoms with Crippen LogP contribution in [0.4, 0.5) is 5.69 Å². The molecule has 0 radical (unpaired) electrons. The number of piperazine rings is 1. The predicted octanol–water partition coefficient (Wildman–Crippen LogP) is 2.90. The van der Waals surface area contributed by atoms with E-state index < -0.39 is 0 Å². The zero-order valence-corrected chi connectivity index (χ0v) is 19.0. The summed E-state index contributed by atoms with van der Waals surface area (Å²) in [6.45, 7) is 2.21. The number of nitrogens with zero attached hydrogens (tertiary/aromatic N) is 4. The Bertz CT molecular complexity index is 1210. The van der Waals surface area contributed by atoms with Crippen molar-refractivity contribution in [3.63, 3.8) is 0 Å². The first kappa shape index (κ1) is 21.5. The van der Waals surface area contributed by atoms with Crippen molar-refractivity contribution >= 4 is 29.1 Å². The Kier molecular flexibility index (Phi) is 5.78. The molecule has 3 heterocycles. The van der Waals surface area contributed by atoms with E-state index in [-0.39, 0.29) is 24.4 Å². The summed E-state index contributed by atoms with van der Waals surface area (Å²) >= 11 is 6.06. The minimum absolute atomic E-state index is 0.0667. The van der Waals surface area contributed by atoms with Crippen molar-refractivity contribution in [2.45, 2.75) is 6.04 Å². The van der Waals surface area contributed by atoms with Crippen LogP contribution in [-0.4, -0.2) is 70.2 Å². The van der Waals surface area contributed by atoms with E-state index in [2.05, 4.69) is 15.3 Å². The predicted molar refractivity (Wildman–Crippen MR) is 125 cm³/mol. The average Bonchev–Trinajstić information content (AvgIpc) is 3.26. The minimum Gasteiger partial charge on any atom is -0.490 e. The number of benzene rings is 2. The van der Waals surface area contributed by atoms with Crippen LogP contribution in [0.25, 0.3) is 11.1 Å². The van der Waals surface area contributed by atoms with Crippen molar-refractivity contribution in [3.8, 4) is 16.9 Å². The van der Waals surface area contributed by atoms with E-state index in [0.717, 1.165) is 11.1 Å². The first-order chi connectivity index (χ1) is 16.0. The lowest BCUT2D eigenvalue weighted by Crippen LogP contribution is -2.57. The van der Waals surface area contributed by atoms with Gasteiger partial charge in [0.05, 0.1) is 24.5 Å². The number of carbonyl (C=O) groups excluding carboxylic acids is 2. The fourth-order valence-electron chi connectivity index (χ4n) is 4.31. The van der Waals surface area contributed by atoms with E-state index in [1.165, 1.54) is 0 Å². The smallest absolute Gasteiger partial charge is 0.254 e. The third kappa shape index (κ3) is 4.58. The van der Waals surface area contributed by atoms with E-state index in [4.69, 9.17) is 16.3 Å². The lowest BCUT2D eigenvalue weighted by molar-refractivity contribution is -0.118. The van der Waals surface area contributed by atoms with Crippen LogP contribution in [0.1, 0.15) is 10.4 Å². The summed E-state index contributed by atoms with van der Waals surface area (Å²) in [6, 6.07) is 12.6. The van der Waals surface area contributed by atoms with E-state index in [1.54, 1.807) is 40.0 Å². The fraction of sp³-hybridized carbons (Fsp3) is 0.292. The zero-order chi connectivity index (χ0) is 22.9. The summed E-state index contributed by atoms with van der Waals surface area (Å²) in [5, 5.41) is 7.74. The zero-order valence-electron chi connectivity index (χ0n) is 18.2. The van der Waals surface area contributed by atoms with E-state index >= 15 is 0 Å². The SMILES string of the molecule is Cn1cc(-c2ccc3c(c2)NC(=O)CN2CCN(C(=O)c4cccc(Cl)c4)C[C@H]2CO3)cn1. The second-order valence-corrected chi connectivity index (χ2v) is 8.80. The molecule has 3 aromatic rings. The van der Waals surface area contributed by atoms with Gasteiger partial charge in [0.2, 0.25) is 5.91 Å². The summed E-state index contributed by atoms with van der Waals surface area (Å²) < 4.78 is 7.88. The van der Waals surface area contributed by atoms with Crippen molar-refractivity contribution in [1.29, 1.82) is 0 Å². The molecule has 1 saturated heterocycles. The maximum absolute atomic E-state index is 13.0. The van der Waals surface area contributed by atoms with Crippen molar-refractivity contribution in [2.24, 2.45) is 7.05 Å². The van der Waals surface area contributed by atoms with Gasteiger partial charge in [0, 0.05) is 49.0 Å². The Balaban J connectivity index is 1.35. The summed E-state index contributed by atoms with van der Waals surface area (Å²) in [7, 11) is 1.86. The molecule has 0 bridgehead atoms. The van der Waals surface area contributed by atoms with Gasteiger partial charge in [-0.25, -0.2) is 0 Å². The van der Waals surface area contributed by atoms with Crippen molar-refractivity contribution in [3.05, 3.63) is 65.4 Å². The summed E-state index contributed by atoms with van der Waals surface area (Å²) in [5.41, 5.74) is 3.10. The molecule has 0 spiro atoms. The van der Waals surface area contributed by atoms with Gasteiger partial charge in [-0.2, -0.15) is 5.10 Å². The Morgan fingerprint density at radius 2 is 2.06 bits per heavy atom. The number of amides is 2. The van der Waals surface area contributed by atoms with Crippen LogP contribution in [0.5, 0.6) is 5.75 Å². The van der Waals surface area contributed by atoms with Crippen LogP contribution < -0.4 is 10.1 Å². The lowest BCUT2D eigenvalue weighted by atomic mass is 10.1. The van der Waals surface area contributed by atoms with Crippen molar-refractivity contribution in [2.75, 3.05) is 38.1 Å². The molecule has 0 aliphatic carbocycles. The van der Waals surface area contributed by atoms with Crippen LogP contribution >= 0.6 is 11.6 Å². The molecule has 1 aromatic heterocycles. The highest BCUT2D eigenvalue weighted by Gasteiger charge is 2.33. The van der Waals surface area contributed by atoms with Gasteiger partial charge >= 0.3 is 0 Å². The largest absolute Gasteiger partial charge is 0.490 e. The second kappa shape index (κ2) is 8.88. The van der Waals surface area contributed by atoms with Gasteiger partial charge in [-0.3, -0.25) is 19.2 Å². The third-order valence-corrected chi connectivity index (χ3v) is 6.27. The van der Waals surface area contributed by atoms with Crippen molar-refractivity contribution in [1.82, 2.24) is 19.6 Å². The van der Waals surface area contributed by atoms with Gasteiger partial charge < -0.3 is 15.0 Å². The molecule has 2 aliphatic heterocycles. The molecule has 2 aliphatic rings. The number of fused-ring (bicyclic) bond motifs is 2. The van der Waals surface area contributed by atoms with Gasteiger partial charge in [-0.15, -0.1) is 0 Å². The Hall–Kier alpha value is -3.36. The molecule has 5 rings (SSSR count). The highest BCUT2D eigenvalue weighted by molar-refractivity contribution is 6.30. The number of rotatable bonds is 2. The van der Waals surface area contributed by atoms with Gasteiger partial charge in [0.15, 0.2) is 0 Å². The number of ether oxygens (including phenoxy) is 1. The lowest BCUT2D eigenvalue weighted by Gasteiger charge is -2.40. The standard InChI is InChI=1S/C24H24ClN5O3/c1-28-12-18(11-26-28)16-5-6-22-21(10-16)27-23(31)14-29-7-8-30(13-20(29)15-33-22)24(32)17-3-2-4-19(25)9-17/h2-6,9-12,20H,7-8,13-15H2,1H3,(H,27,31)/t20-/m0/s1. The molecule has 1 N–H and O–H groups in total. The molecule has 0 unspecified atom stereocenters. The molecular weight excluding hydrogens is 442 g/mol. The molecule has 9 heteroatoms. The fourth-order valence-corrected chi connectivity index (χ4v) is 4.50. The molecule has 33 heavy (non-hydrogen) atoms. The highest BCUT2D eigenvalue weighted by atomic mass is 35.5. The molecule has 170 valence electrons. The van der Waals surface area contributed by atoms with Crippen LogP contribution in [0.3, 0.4) is 0 Å². The van der Waals surface area contributed by atoms with E-state index in [1.807, 2.05) is 31.4 Å². The number of nitrogens with one attached hydrogen (secondary N) is 1. The van der Waals surface area contributed by atoms with Gasteiger partial charge in [-0.1, -0.05) is 23.7 Å². The van der Waals surface area contributed by atoms with Gasteiger partial charge in [0.1, 0.15) is 12.4 Å².